The molecule has 1 aromatic carbocycles. The monoisotopic (exact) mass is 472 g/mol. The maximum Gasteiger partial charge on any atom is 0.416 e. The number of aromatic nitrogens is 1. The van der Waals surface area contributed by atoms with Gasteiger partial charge in [-0.25, -0.2) is 4.98 Å². The lowest BCUT2D eigenvalue weighted by Gasteiger charge is -2.28. The van der Waals surface area contributed by atoms with Crippen LogP contribution in [0.25, 0.3) is 0 Å². The number of carbonyl (C=O) groups excluding carboxylic acids is 1. The van der Waals surface area contributed by atoms with Crippen LogP contribution in [0.2, 0.25) is 0 Å². The quantitative estimate of drug-likeness (QED) is 0.631. The van der Waals surface area contributed by atoms with Crippen LogP contribution in [0.3, 0.4) is 0 Å². The summed E-state index contributed by atoms with van der Waals surface area (Å²) in [6.07, 6.45) is -5.60. The Morgan fingerprint density at radius 3 is 2.15 bits per heavy atom. The molecule has 1 aromatic heterocycles. The van der Waals surface area contributed by atoms with E-state index < -0.39 is 41.1 Å². The highest BCUT2D eigenvalue weighted by atomic mass is 19.4. The number of carbonyl (C=O) groups is 1. The molecule has 11 heteroatoms. The zero-order valence-electron chi connectivity index (χ0n) is 17.5. The van der Waals surface area contributed by atoms with E-state index in [4.69, 9.17) is 0 Å². The zero-order chi connectivity index (χ0) is 23.8. The second-order valence-corrected chi connectivity index (χ2v) is 8.19. The third kappa shape index (κ3) is 5.17. The Balaban J connectivity index is 1.56. The first-order valence-electron chi connectivity index (χ1n) is 10.6. The molecule has 1 amide bonds. The van der Waals surface area contributed by atoms with Crippen molar-refractivity contribution in [3.8, 4) is 0 Å². The third-order valence-electron chi connectivity index (χ3n) is 5.89. The number of nitrogens with zero attached hydrogens (tertiary/aromatic N) is 3. The van der Waals surface area contributed by atoms with Crippen LogP contribution < -0.4 is 15.1 Å². The molecular weight excluding hydrogens is 450 g/mol. The van der Waals surface area contributed by atoms with Crippen molar-refractivity contribution < 1.29 is 31.1 Å². The van der Waals surface area contributed by atoms with E-state index in [2.05, 4.69) is 15.2 Å². The van der Waals surface area contributed by atoms with Crippen LogP contribution >= 0.6 is 0 Å². The number of nitrogens with one attached hydrogen (secondary N) is 1. The molecule has 0 bridgehead atoms. The predicted octanol–water partition coefficient (Wildman–Crippen LogP) is 5.08. The van der Waals surface area contributed by atoms with Gasteiger partial charge in [0.1, 0.15) is 12.0 Å². The molecule has 2 saturated heterocycles. The number of hydrogen-bond donors (Lipinski definition) is 1. The van der Waals surface area contributed by atoms with Crippen LogP contribution in [0.4, 0.5) is 37.8 Å². The average molecular weight is 472 g/mol. The van der Waals surface area contributed by atoms with Crippen LogP contribution in [0.15, 0.2) is 36.5 Å². The van der Waals surface area contributed by atoms with Crippen LogP contribution in [0.5, 0.6) is 0 Å². The normalized spacial score (nSPS) is 19.3. The van der Waals surface area contributed by atoms with Crippen molar-refractivity contribution in [2.45, 2.75) is 44.2 Å². The van der Waals surface area contributed by atoms with Crippen molar-refractivity contribution in [3.63, 3.8) is 0 Å². The molecule has 33 heavy (non-hydrogen) atoms. The van der Waals surface area contributed by atoms with Gasteiger partial charge in [-0.2, -0.15) is 26.3 Å². The molecule has 0 aliphatic carbocycles. The Kier molecular flexibility index (Phi) is 6.15. The van der Waals surface area contributed by atoms with E-state index in [1.807, 2.05) is 17.0 Å². The first kappa shape index (κ1) is 23.2. The Morgan fingerprint density at radius 2 is 1.55 bits per heavy atom. The van der Waals surface area contributed by atoms with Crippen LogP contribution in [-0.2, 0) is 12.4 Å². The van der Waals surface area contributed by atoms with Gasteiger partial charge in [-0.3, -0.25) is 4.79 Å². The fraction of sp³-hybridized carbons (Fsp3) is 0.455. The van der Waals surface area contributed by atoms with Crippen LogP contribution in [-0.4, -0.2) is 36.7 Å². The predicted molar refractivity (Wildman–Crippen MR) is 110 cm³/mol. The number of amides is 1. The van der Waals surface area contributed by atoms with Gasteiger partial charge in [-0.1, -0.05) is 0 Å². The molecule has 178 valence electrons. The average Bonchev–Trinajstić information content (AvgIpc) is 3.44. The lowest BCUT2D eigenvalue weighted by molar-refractivity contribution is -0.143. The number of benzene rings is 1. The number of alkyl halides is 6. The van der Waals surface area contributed by atoms with Crippen molar-refractivity contribution in [3.05, 3.63) is 53.2 Å². The number of halogens is 6. The lowest BCUT2D eigenvalue weighted by Crippen LogP contribution is -2.45. The molecule has 0 saturated carbocycles. The molecule has 1 unspecified atom stereocenters. The Labute approximate surface area is 186 Å². The van der Waals surface area contributed by atoms with Gasteiger partial charge in [0.2, 0.25) is 0 Å². The molecule has 2 aliphatic rings. The molecule has 0 spiro atoms. The van der Waals surface area contributed by atoms with Gasteiger partial charge in [0.25, 0.3) is 5.91 Å². The highest BCUT2D eigenvalue weighted by Gasteiger charge is 2.38. The minimum atomic E-state index is -5.02. The molecule has 1 N–H and O–H groups in total. The van der Waals surface area contributed by atoms with E-state index in [-0.39, 0.29) is 6.07 Å². The van der Waals surface area contributed by atoms with Crippen molar-refractivity contribution in [2.75, 3.05) is 29.4 Å². The fourth-order valence-corrected chi connectivity index (χ4v) is 4.25. The van der Waals surface area contributed by atoms with Gasteiger partial charge >= 0.3 is 12.4 Å². The molecule has 0 radical (unpaired) electrons. The molecule has 2 aromatic rings. The number of pyridine rings is 1. The Bertz CT molecular complexity index is 984. The molecule has 1 atom stereocenters. The third-order valence-corrected chi connectivity index (χ3v) is 5.89. The largest absolute Gasteiger partial charge is 0.416 e. The molecular formula is C22H22F6N4O. The van der Waals surface area contributed by atoms with Crippen molar-refractivity contribution in [2.24, 2.45) is 0 Å². The van der Waals surface area contributed by atoms with E-state index in [0.717, 1.165) is 31.6 Å². The van der Waals surface area contributed by atoms with Gasteiger partial charge in [0, 0.05) is 43.1 Å². The van der Waals surface area contributed by atoms with Crippen LogP contribution in [0.1, 0.15) is 47.2 Å². The topological polar surface area (TPSA) is 48.5 Å². The van der Waals surface area contributed by atoms with Gasteiger partial charge < -0.3 is 15.1 Å². The van der Waals surface area contributed by atoms with Crippen molar-refractivity contribution in [1.29, 1.82) is 0 Å². The van der Waals surface area contributed by atoms with Crippen molar-refractivity contribution >= 4 is 17.4 Å². The second-order valence-electron chi connectivity index (χ2n) is 8.19. The first-order valence-corrected chi connectivity index (χ1v) is 10.6. The maximum absolute atomic E-state index is 13.1. The summed E-state index contributed by atoms with van der Waals surface area (Å²) in [6, 6.07) is 4.67. The van der Waals surface area contributed by atoms with E-state index in [1.54, 1.807) is 6.20 Å². The summed E-state index contributed by atoms with van der Waals surface area (Å²) < 4.78 is 78.8. The van der Waals surface area contributed by atoms with E-state index in [1.165, 1.54) is 0 Å². The van der Waals surface area contributed by atoms with E-state index in [0.29, 0.717) is 37.3 Å². The molecule has 4 rings (SSSR count). The summed E-state index contributed by atoms with van der Waals surface area (Å²) >= 11 is 0. The fourth-order valence-electron chi connectivity index (χ4n) is 4.25. The molecule has 2 aliphatic heterocycles. The Morgan fingerprint density at radius 1 is 0.909 bits per heavy atom. The highest BCUT2D eigenvalue weighted by molar-refractivity contribution is 5.95. The van der Waals surface area contributed by atoms with Gasteiger partial charge in [-0.05, 0) is 49.9 Å². The maximum atomic E-state index is 13.1. The van der Waals surface area contributed by atoms with E-state index in [9.17, 15) is 31.1 Å². The number of anilines is 2. The number of rotatable bonds is 4. The highest BCUT2D eigenvalue weighted by Crippen LogP contribution is 2.36. The van der Waals surface area contributed by atoms with Crippen LogP contribution in [0, 0.1) is 0 Å². The Hall–Kier alpha value is -2.98. The smallest absolute Gasteiger partial charge is 0.371 e. The van der Waals surface area contributed by atoms with Gasteiger partial charge in [-0.15, -0.1) is 0 Å². The van der Waals surface area contributed by atoms with Gasteiger partial charge in [0.15, 0.2) is 0 Å². The molecule has 5 nitrogen and oxygen atoms in total. The summed E-state index contributed by atoms with van der Waals surface area (Å²) in [4.78, 5) is 21.1. The zero-order valence-corrected chi connectivity index (χ0v) is 17.5. The van der Waals surface area contributed by atoms with E-state index >= 15 is 0 Å². The lowest BCUT2D eigenvalue weighted by atomic mass is 10.0. The molecule has 2 fully saturated rings. The van der Waals surface area contributed by atoms with Gasteiger partial charge in [0.05, 0.1) is 11.1 Å². The minimum Gasteiger partial charge on any atom is -0.371 e. The first-order chi connectivity index (χ1) is 15.5. The second kappa shape index (κ2) is 8.75. The molecule has 3 heterocycles. The summed E-state index contributed by atoms with van der Waals surface area (Å²) in [5, 5.41) is 2.59. The summed E-state index contributed by atoms with van der Waals surface area (Å²) in [5.41, 5.74) is -2.75. The summed E-state index contributed by atoms with van der Waals surface area (Å²) in [5.74, 6) is -0.401. The van der Waals surface area contributed by atoms with Crippen molar-refractivity contribution in [1.82, 2.24) is 10.3 Å². The number of hydrogen-bond acceptors (Lipinski definition) is 4. The summed E-state index contributed by atoms with van der Waals surface area (Å²) in [6.45, 7) is 2.42. The summed E-state index contributed by atoms with van der Waals surface area (Å²) in [7, 11) is 0. The minimum absolute atomic E-state index is 0.00638. The SMILES string of the molecule is O=C(NC1CCCN1c1cc(N2CCCC2)ccn1)c1cc(C(F)(F)F)cc(C(F)(F)F)c1. The standard InChI is InChI=1S/C22H22F6N4O/c23-21(24,25)15-10-14(11-16(12-15)22(26,27)28)20(33)30-18-4-3-9-32(18)19-13-17(5-6-29-19)31-7-1-2-8-31/h5-6,10-13,18H,1-4,7-9H2,(H,30,33).